The van der Waals surface area contributed by atoms with E-state index in [0.717, 1.165) is 31.1 Å². The lowest BCUT2D eigenvalue weighted by Crippen LogP contribution is -2.26. The largest absolute Gasteiger partial charge is 0.396 e. The van der Waals surface area contributed by atoms with Gasteiger partial charge in [-0.15, -0.1) is 0 Å². The minimum atomic E-state index is -0.0359. The van der Waals surface area contributed by atoms with Crippen LogP contribution in [0.2, 0.25) is 0 Å². The Kier molecular flexibility index (Phi) is 5.55. The quantitative estimate of drug-likeness (QED) is 0.723. The molecule has 5 nitrogen and oxygen atoms in total. The molecule has 108 valence electrons. The van der Waals surface area contributed by atoms with Crippen LogP contribution < -0.4 is 5.32 Å². The van der Waals surface area contributed by atoms with Crippen LogP contribution in [0.4, 0.5) is 0 Å². The number of unbranched alkanes of at least 4 members (excludes halogenated alkanes) is 3. The lowest BCUT2D eigenvalue weighted by Gasteiger charge is -2.03. The van der Waals surface area contributed by atoms with Gasteiger partial charge in [0.05, 0.1) is 6.42 Å². The SMILES string of the molecule is O=C(Cc1noc2ccccc12)NCCCCCCO. The van der Waals surface area contributed by atoms with Crippen LogP contribution in [0.1, 0.15) is 31.4 Å². The molecule has 0 aliphatic carbocycles. The Morgan fingerprint density at radius 1 is 1.20 bits per heavy atom. The van der Waals surface area contributed by atoms with Gasteiger partial charge in [0.1, 0.15) is 5.69 Å². The van der Waals surface area contributed by atoms with Gasteiger partial charge in [-0.3, -0.25) is 4.79 Å². The fraction of sp³-hybridized carbons (Fsp3) is 0.467. The van der Waals surface area contributed by atoms with E-state index < -0.39 is 0 Å². The highest BCUT2D eigenvalue weighted by Gasteiger charge is 2.11. The molecule has 0 spiro atoms. The highest BCUT2D eigenvalue weighted by molar-refractivity contribution is 5.86. The van der Waals surface area contributed by atoms with Crippen LogP contribution in [0.5, 0.6) is 0 Å². The topological polar surface area (TPSA) is 75.4 Å². The molecule has 2 N–H and O–H groups in total. The van der Waals surface area contributed by atoms with Gasteiger partial charge in [0, 0.05) is 18.5 Å². The van der Waals surface area contributed by atoms with Crippen LogP contribution in [0.15, 0.2) is 28.8 Å². The maximum absolute atomic E-state index is 11.8. The Bertz CT molecular complexity index is 551. The third-order valence-electron chi connectivity index (χ3n) is 3.19. The van der Waals surface area contributed by atoms with Crippen molar-refractivity contribution < 1.29 is 14.4 Å². The third kappa shape index (κ3) is 4.06. The molecule has 1 amide bonds. The lowest BCUT2D eigenvalue weighted by molar-refractivity contribution is -0.120. The Morgan fingerprint density at radius 2 is 2.00 bits per heavy atom. The predicted octanol–water partition coefficient (Wildman–Crippen LogP) is 2.04. The molecule has 2 aromatic rings. The Balaban J connectivity index is 1.74. The molecule has 5 heteroatoms. The first kappa shape index (κ1) is 14.5. The average molecular weight is 276 g/mol. The number of hydrogen-bond donors (Lipinski definition) is 2. The summed E-state index contributed by atoms with van der Waals surface area (Å²) in [5, 5.41) is 16.4. The van der Waals surface area contributed by atoms with Gasteiger partial charge in [-0.05, 0) is 25.0 Å². The molecular formula is C15H20N2O3. The van der Waals surface area contributed by atoms with E-state index in [9.17, 15) is 4.79 Å². The number of aliphatic hydroxyl groups excluding tert-OH is 1. The van der Waals surface area contributed by atoms with Gasteiger partial charge in [-0.2, -0.15) is 0 Å². The Hall–Kier alpha value is -1.88. The first-order valence-corrected chi connectivity index (χ1v) is 7.02. The minimum Gasteiger partial charge on any atom is -0.396 e. The summed E-state index contributed by atoms with van der Waals surface area (Å²) in [6.07, 6.45) is 4.03. The Labute approximate surface area is 118 Å². The number of carbonyl (C=O) groups excluding carboxylic acids is 1. The van der Waals surface area contributed by atoms with E-state index in [0.29, 0.717) is 17.8 Å². The number of nitrogens with zero attached hydrogens (tertiary/aromatic N) is 1. The number of aliphatic hydroxyl groups is 1. The fourth-order valence-corrected chi connectivity index (χ4v) is 2.10. The van der Waals surface area contributed by atoms with Gasteiger partial charge in [0.25, 0.3) is 0 Å². The second-order valence-electron chi connectivity index (χ2n) is 4.79. The average Bonchev–Trinajstić information content (AvgIpc) is 2.86. The summed E-state index contributed by atoms with van der Waals surface area (Å²) in [5.74, 6) is -0.0359. The highest BCUT2D eigenvalue weighted by Crippen LogP contribution is 2.17. The minimum absolute atomic E-state index is 0.0359. The molecule has 0 bridgehead atoms. The molecule has 0 radical (unpaired) electrons. The van der Waals surface area contributed by atoms with Crippen molar-refractivity contribution in [3.63, 3.8) is 0 Å². The van der Waals surface area contributed by atoms with Crippen LogP contribution in [0.25, 0.3) is 11.0 Å². The second-order valence-corrected chi connectivity index (χ2v) is 4.79. The number of carbonyl (C=O) groups is 1. The van der Waals surface area contributed by atoms with Gasteiger partial charge >= 0.3 is 0 Å². The number of nitrogens with one attached hydrogen (secondary N) is 1. The molecule has 0 aliphatic heterocycles. The predicted molar refractivity (Wildman–Crippen MR) is 76.3 cm³/mol. The van der Waals surface area contributed by atoms with E-state index >= 15 is 0 Å². The van der Waals surface area contributed by atoms with Crippen molar-refractivity contribution in [2.45, 2.75) is 32.1 Å². The zero-order valence-electron chi connectivity index (χ0n) is 11.5. The van der Waals surface area contributed by atoms with Crippen LogP contribution >= 0.6 is 0 Å². The fourth-order valence-electron chi connectivity index (χ4n) is 2.10. The highest BCUT2D eigenvalue weighted by atomic mass is 16.5. The number of fused-ring (bicyclic) bond motifs is 1. The maximum atomic E-state index is 11.8. The van der Waals surface area contributed by atoms with Crippen molar-refractivity contribution >= 4 is 16.9 Å². The molecule has 1 aromatic heterocycles. The molecule has 20 heavy (non-hydrogen) atoms. The molecule has 1 heterocycles. The van der Waals surface area contributed by atoms with Crippen molar-refractivity contribution in [1.82, 2.24) is 10.5 Å². The van der Waals surface area contributed by atoms with E-state index in [1.165, 1.54) is 0 Å². The molecular weight excluding hydrogens is 256 g/mol. The lowest BCUT2D eigenvalue weighted by atomic mass is 10.1. The molecule has 1 aromatic carbocycles. The third-order valence-corrected chi connectivity index (χ3v) is 3.19. The molecule has 0 saturated carbocycles. The molecule has 0 atom stereocenters. The van der Waals surface area contributed by atoms with E-state index in [4.69, 9.17) is 9.63 Å². The zero-order chi connectivity index (χ0) is 14.2. The smallest absolute Gasteiger partial charge is 0.226 e. The van der Waals surface area contributed by atoms with Crippen molar-refractivity contribution in [3.8, 4) is 0 Å². The number of rotatable bonds is 8. The summed E-state index contributed by atoms with van der Waals surface area (Å²) in [6, 6.07) is 7.53. The molecule has 0 unspecified atom stereocenters. The summed E-state index contributed by atoms with van der Waals surface area (Å²) in [5.41, 5.74) is 1.39. The van der Waals surface area contributed by atoms with Crippen molar-refractivity contribution in [2.24, 2.45) is 0 Å². The van der Waals surface area contributed by atoms with Gasteiger partial charge in [0.15, 0.2) is 5.58 Å². The maximum Gasteiger partial charge on any atom is 0.226 e. The van der Waals surface area contributed by atoms with Crippen LogP contribution in [-0.4, -0.2) is 29.3 Å². The first-order valence-electron chi connectivity index (χ1n) is 7.02. The van der Waals surface area contributed by atoms with Crippen LogP contribution in [-0.2, 0) is 11.2 Å². The molecule has 2 rings (SSSR count). The number of hydrogen-bond acceptors (Lipinski definition) is 4. The van der Waals surface area contributed by atoms with Gasteiger partial charge in [0.2, 0.25) is 5.91 Å². The van der Waals surface area contributed by atoms with Gasteiger partial charge < -0.3 is 14.9 Å². The second kappa shape index (κ2) is 7.65. The van der Waals surface area contributed by atoms with Crippen molar-refractivity contribution in [3.05, 3.63) is 30.0 Å². The summed E-state index contributed by atoms with van der Waals surface area (Å²) in [7, 11) is 0. The number of benzene rings is 1. The first-order chi connectivity index (χ1) is 9.81. The normalized spacial score (nSPS) is 10.8. The van der Waals surface area contributed by atoms with E-state index in [2.05, 4.69) is 10.5 Å². The van der Waals surface area contributed by atoms with Crippen LogP contribution in [0, 0.1) is 0 Å². The standard InChI is InChI=1S/C15H20N2O3/c18-10-6-2-1-5-9-16-15(19)11-13-12-7-3-4-8-14(12)20-17-13/h3-4,7-8,18H,1-2,5-6,9-11H2,(H,16,19). The number of amides is 1. The summed E-state index contributed by atoms with van der Waals surface area (Å²) >= 11 is 0. The van der Waals surface area contributed by atoms with Gasteiger partial charge in [-0.25, -0.2) is 0 Å². The molecule has 0 saturated heterocycles. The zero-order valence-corrected chi connectivity index (χ0v) is 11.5. The van der Waals surface area contributed by atoms with Crippen molar-refractivity contribution in [1.29, 1.82) is 0 Å². The van der Waals surface area contributed by atoms with E-state index in [1.807, 2.05) is 24.3 Å². The summed E-state index contributed by atoms with van der Waals surface area (Å²) < 4.78 is 5.17. The molecule has 0 aliphatic rings. The van der Waals surface area contributed by atoms with Crippen molar-refractivity contribution in [2.75, 3.05) is 13.2 Å². The van der Waals surface area contributed by atoms with Gasteiger partial charge in [-0.1, -0.05) is 30.1 Å². The summed E-state index contributed by atoms with van der Waals surface area (Å²) in [4.78, 5) is 11.8. The number of para-hydroxylation sites is 1. The summed E-state index contributed by atoms with van der Waals surface area (Å²) in [6.45, 7) is 0.908. The molecule has 0 fully saturated rings. The number of aromatic nitrogens is 1. The van der Waals surface area contributed by atoms with Crippen LogP contribution in [0.3, 0.4) is 0 Å². The van der Waals surface area contributed by atoms with E-state index in [-0.39, 0.29) is 18.9 Å². The monoisotopic (exact) mass is 276 g/mol. The Morgan fingerprint density at radius 3 is 2.85 bits per heavy atom. The van der Waals surface area contributed by atoms with E-state index in [1.54, 1.807) is 0 Å².